The minimum absolute atomic E-state index is 0.0336. The van der Waals surface area contributed by atoms with Gasteiger partial charge in [-0.15, -0.1) is 0 Å². The van der Waals surface area contributed by atoms with E-state index < -0.39 is 11.8 Å². The molecule has 0 saturated carbocycles. The van der Waals surface area contributed by atoms with Crippen LogP contribution in [-0.4, -0.2) is 23.5 Å². The van der Waals surface area contributed by atoms with Crippen LogP contribution < -0.4 is 5.32 Å². The zero-order chi connectivity index (χ0) is 6.20. The molecule has 8 heavy (non-hydrogen) atoms. The van der Waals surface area contributed by atoms with Crippen LogP contribution in [0, 0.1) is 0 Å². The Balaban J connectivity index is 2.56. The number of hydrogen-bond donors (Lipinski definition) is 2. The maximum absolute atomic E-state index is 10.2. The third kappa shape index (κ3) is 0.894. The number of ether oxygens (including phenoxy) is 1. The Kier molecular flexibility index (Phi) is 0.907. The van der Waals surface area contributed by atoms with Gasteiger partial charge in [0.2, 0.25) is 0 Å². The van der Waals surface area contributed by atoms with Crippen molar-refractivity contribution in [1.82, 2.24) is 5.32 Å². The lowest BCUT2D eigenvalue weighted by Crippen LogP contribution is -2.39. The number of alkyl carbamates (subject to hydrolysis) is 1. The largest absolute Gasteiger partial charge is 0.444 e. The number of carbonyl (C=O) groups excluding carboxylic acids is 1. The lowest BCUT2D eigenvalue weighted by Gasteiger charge is -2.09. The van der Waals surface area contributed by atoms with Crippen LogP contribution in [0.1, 0.15) is 6.92 Å². The van der Waals surface area contributed by atoms with Gasteiger partial charge in [-0.1, -0.05) is 0 Å². The van der Waals surface area contributed by atoms with Gasteiger partial charge in [-0.2, -0.15) is 0 Å². The lowest BCUT2D eigenvalue weighted by molar-refractivity contribution is 0.0321. The van der Waals surface area contributed by atoms with Crippen molar-refractivity contribution in [3.8, 4) is 0 Å². The molecule has 0 aromatic heterocycles. The molecule has 0 bridgehead atoms. The van der Waals surface area contributed by atoms with Crippen LogP contribution in [0.15, 0.2) is 0 Å². The molecule has 0 aromatic carbocycles. The summed E-state index contributed by atoms with van der Waals surface area (Å²) in [5.41, 5.74) is -1.16. The molecule has 0 aromatic rings. The van der Waals surface area contributed by atoms with Crippen LogP contribution in [0.5, 0.6) is 0 Å². The van der Waals surface area contributed by atoms with Crippen LogP contribution in [0.4, 0.5) is 4.79 Å². The first-order valence-electron chi connectivity index (χ1n) is 2.27. The standard InChI is InChI=1S/C4H7NO3/c1-4(7)2-8-3(6)5-4/h7H,2H2,1H3,(H,5,6). The van der Waals surface area contributed by atoms with Gasteiger partial charge in [0.05, 0.1) is 0 Å². The van der Waals surface area contributed by atoms with Crippen LogP contribution in [0.2, 0.25) is 0 Å². The normalized spacial score (nSPS) is 36.5. The molecular weight excluding hydrogens is 110 g/mol. The number of carbonyl (C=O) groups is 1. The molecule has 1 heterocycles. The Morgan fingerprint density at radius 1 is 2.00 bits per heavy atom. The zero-order valence-electron chi connectivity index (χ0n) is 4.47. The maximum Gasteiger partial charge on any atom is 0.409 e. The van der Waals surface area contributed by atoms with Gasteiger partial charge in [0, 0.05) is 0 Å². The summed E-state index contributed by atoms with van der Waals surface area (Å²) in [5, 5.41) is 11.1. The topological polar surface area (TPSA) is 58.6 Å². The number of amides is 1. The molecule has 1 aliphatic heterocycles. The molecule has 1 aliphatic rings. The van der Waals surface area contributed by atoms with Crippen molar-refractivity contribution in [3.63, 3.8) is 0 Å². The van der Waals surface area contributed by atoms with Crippen LogP contribution >= 0.6 is 0 Å². The Bertz CT molecular complexity index is 120. The van der Waals surface area contributed by atoms with E-state index in [-0.39, 0.29) is 6.61 Å². The van der Waals surface area contributed by atoms with E-state index >= 15 is 0 Å². The molecule has 1 saturated heterocycles. The van der Waals surface area contributed by atoms with Crippen molar-refractivity contribution in [2.45, 2.75) is 12.6 Å². The van der Waals surface area contributed by atoms with Crippen molar-refractivity contribution < 1.29 is 14.6 Å². The van der Waals surface area contributed by atoms with Gasteiger partial charge in [0.25, 0.3) is 0 Å². The van der Waals surface area contributed by atoms with Crippen LogP contribution in [-0.2, 0) is 4.74 Å². The minimum atomic E-state index is -1.16. The fourth-order valence-electron chi connectivity index (χ4n) is 0.498. The average Bonchev–Trinajstić information content (AvgIpc) is 1.82. The molecule has 2 N–H and O–H groups in total. The number of cyclic esters (lactones) is 1. The molecule has 1 amide bonds. The fraction of sp³-hybridized carbons (Fsp3) is 0.750. The van der Waals surface area contributed by atoms with Crippen LogP contribution in [0.3, 0.4) is 0 Å². The number of hydrogen-bond acceptors (Lipinski definition) is 3. The van der Waals surface area contributed by atoms with Crippen molar-refractivity contribution in [3.05, 3.63) is 0 Å². The molecule has 1 atom stereocenters. The van der Waals surface area contributed by atoms with E-state index in [4.69, 9.17) is 5.11 Å². The van der Waals surface area contributed by atoms with Gasteiger partial charge in [-0.05, 0) is 6.92 Å². The molecule has 4 heteroatoms. The molecule has 1 unspecified atom stereocenters. The van der Waals surface area contributed by atoms with Crippen molar-refractivity contribution in [2.24, 2.45) is 0 Å². The van der Waals surface area contributed by atoms with Gasteiger partial charge in [0.1, 0.15) is 6.61 Å². The molecule has 1 rings (SSSR count). The number of nitrogens with one attached hydrogen (secondary N) is 1. The third-order valence-corrected chi connectivity index (χ3v) is 0.856. The van der Waals surface area contributed by atoms with E-state index in [2.05, 4.69) is 10.1 Å². The molecular formula is C4H7NO3. The second kappa shape index (κ2) is 1.35. The molecule has 4 nitrogen and oxygen atoms in total. The molecule has 46 valence electrons. The van der Waals surface area contributed by atoms with Gasteiger partial charge >= 0.3 is 6.09 Å². The highest BCUT2D eigenvalue weighted by atomic mass is 16.6. The smallest absolute Gasteiger partial charge is 0.409 e. The van der Waals surface area contributed by atoms with Crippen LogP contribution in [0.25, 0.3) is 0 Å². The number of aliphatic hydroxyl groups is 1. The predicted molar refractivity (Wildman–Crippen MR) is 25.1 cm³/mol. The Morgan fingerprint density at radius 3 is 2.75 bits per heavy atom. The quantitative estimate of drug-likeness (QED) is 0.447. The molecule has 0 aliphatic carbocycles. The van der Waals surface area contributed by atoms with Crippen molar-refractivity contribution in [1.29, 1.82) is 0 Å². The highest BCUT2D eigenvalue weighted by molar-refractivity contribution is 5.69. The Labute approximate surface area is 46.4 Å². The summed E-state index contributed by atoms with van der Waals surface area (Å²) in [5.74, 6) is 0. The second-order valence-electron chi connectivity index (χ2n) is 1.97. The first kappa shape index (κ1) is 5.37. The maximum atomic E-state index is 10.2. The van der Waals surface area contributed by atoms with E-state index in [1.807, 2.05) is 0 Å². The molecule has 1 fully saturated rings. The second-order valence-corrected chi connectivity index (χ2v) is 1.97. The summed E-state index contributed by atoms with van der Waals surface area (Å²) in [6.45, 7) is 1.50. The van der Waals surface area contributed by atoms with Crippen molar-refractivity contribution >= 4 is 6.09 Å². The van der Waals surface area contributed by atoms with Gasteiger partial charge in [-0.3, -0.25) is 5.32 Å². The first-order chi connectivity index (χ1) is 3.60. The fourth-order valence-corrected chi connectivity index (χ4v) is 0.498. The zero-order valence-corrected chi connectivity index (χ0v) is 4.47. The van der Waals surface area contributed by atoms with Gasteiger partial charge < -0.3 is 9.84 Å². The van der Waals surface area contributed by atoms with Gasteiger partial charge in [-0.25, -0.2) is 4.79 Å². The summed E-state index contributed by atoms with van der Waals surface area (Å²) >= 11 is 0. The molecule has 0 radical (unpaired) electrons. The SMILES string of the molecule is CC1(O)COC(=O)N1. The van der Waals surface area contributed by atoms with E-state index in [0.717, 1.165) is 0 Å². The highest BCUT2D eigenvalue weighted by Gasteiger charge is 2.31. The monoisotopic (exact) mass is 117 g/mol. The average molecular weight is 117 g/mol. The predicted octanol–water partition coefficient (Wildman–Crippen LogP) is -0.565. The van der Waals surface area contributed by atoms with Crippen molar-refractivity contribution in [2.75, 3.05) is 6.61 Å². The summed E-state index contributed by atoms with van der Waals surface area (Å²) in [6, 6.07) is 0. The van der Waals surface area contributed by atoms with E-state index in [9.17, 15) is 4.79 Å². The Hall–Kier alpha value is -0.770. The Morgan fingerprint density at radius 2 is 2.62 bits per heavy atom. The summed E-state index contributed by atoms with van der Waals surface area (Å²) in [7, 11) is 0. The summed E-state index contributed by atoms with van der Waals surface area (Å²) < 4.78 is 4.37. The van der Waals surface area contributed by atoms with Gasteiger partial charge in [0.15, 0.2) is 5.72 Å². The minimum Gasteiger partial charge on any atom is -0.444 e. The number of rotatable bonds is 0. The summed E-state index contributed by atoms with van der Waals surface area (Å²) in [6.07, 6.45) is -0.560. The van der Waals surface area contributed by atoms with E-state index in [1.165, 1.54) is 6.92 Å². The highest BCUT2D eigenvalue weighted by Crippen LogP contribution is 2.05. The molecule has 0 spiro atoms. The first-order valence-corrected chi connectivity index (χ1v) is 2.27. The van der Waals surface area contributed by atoms with E-state index in [1.54, 1.807) is 0 Å². The summed E-state index contributed by atoms with van der Waals surface area (Å²) in [4.78, 5) is 10.2. The lowest BCUT2D eigenvalue weighted by atomic mass is 10.3. The third-order valence-electron chi connectivity index (χ3n) is 0.856. The van der Waals surface area contributed by atoms with E-state index in [0.29, 0.717) is 0 Å².